The molecule has 146 valence electrons. The molecule has 3 rings (SSSR count). The third-order valence-electron chi connectivity index (χ3n) is 4.90. The van der Waals surface area contributed by atoms with Crippen LogP contribution in [0.1, 0.15) is 35.1 Å². The van der Waals surface area contributed by atoms with E-state index in [-0.39, 0.29) is 5.95 Å². The van der Waals surface area contributed by atoms with Crippen molar-refractivity contribution in [3.63, 3.8) is 0 Å². The maximum absolute atomic E-state index is 6.05. The highest BCUT2D eigenvalue weighted by Crippen LogP contribution is 2.34. The molecule has 6 heteroatoms. The van der Waals surface area contributed by atoms with E-state index in [2.05, 4.69) is 41.2 Å². The van der Waals surface area contributed by atoms with Crippen LogP contribution in [0, 0.1) is 0 Å². The molecule has 2 aromatic carbocycles. The molecule has 0 radical (unpaired) electrons. The van der Waals surface area contributed by atoms with Crippen molar-refractivity contribution in [2.45, 2.75) is 25.7 Å². The maximum Gasteiger partial charge on any atom is 0.221 e. The van der Waals surface area contributed by atoms with Crippen LogP contribution in [0.5, 0.6) is 11.5 Å². The SMILES string of the molecule is COc1cc(Cc2cnc(N)nc2N)c(CC(C)c2ccccc2)cc1OC. The largest absolute Gasteiger partial charge is 0.493 e. The molecule has 0 saturated heterocycles. The van der Waals surface area contributed by atoms with Gasteiger partial charge in [0.05, 0.1) is 14.2 Å². The van der Waals surface area contributed by atoms with Crippen molar-refractivity contribution in [1.82, 2.24) is 9.97 Å². The Kier molecular flexibility index (Phi) is 5.99. The lowest BCUT2D eigenvalue weighted by Crippen LogP contribution is -2.07. The lowest BCUT2D eigenvalue weighted by molar-refractivity contribution is 0.354. The van der Waals surface area contributed by atoms with E-state index in [4.69, 9.17) is 20.9 Å². The summed E-state index contributed by atoms with van der Waals surface area (Å²) in [6, 6.07) is 14.5. The van der Waals surface area contributed by atoms with Gasteiger partial charge in [-0.1, -0.05) is 37.3 Å². The van der Waals surface area contributed by atoms with Crippen molar-refractivity contribution in [3.05, 3.63) is 70.9 Å². The van der Waals surface area contributed by atoms with Crippen LogP contribution in [-0.2, 0) is 12.8 Å². The second-order valence-electron chi connectivity index (χ2n) is 6.81. The molecule has 1 atom stereocenters. The number of anilines is 2. The van der Waals surface area contributed by atoms with Crippen molar-refractivity contribution >= 4 is 11.8 Å². The number of ether oxygens (including phenoxy) is 2. The number of nitrogen functional groups attached to an aromatic ring is 2. The number of nitrogens with zero attached hydrogens (tertiary/aromatic N) is 2. The monoisotopic (exact) mass is 378 g/mol. The van der Waals surface area contributed by atoms with Gasteiger partial charge >= 0.3 is 0 Å². The number of benzene rings is 2. The van der Waals surface area contributed by atoms with Crippen LogP contribution in [-0.4, -0.2) is 24.2 Å². The topological polar surface area (TPSA) is 96.3 Å². The fourth-order valence-corrected chi connectivity index (χ4v) is 3.32. The molecule has 1 aromatic heterocycles. The molecule has 6 nitrogen and oxygen atoms in total. The summed E-state index contributed by atoms with van der Waals surface area (Å²) in [6.45, 7) is 2.22. The van der Waals surface area contributed by atoms with Crippen LogP contribution in [0.4, 0.5) is 11.8 Å². The first-order chi connectivity index (χ1) is 13.5. The van der Waals surface area contributed by atoms with Gasteiger partial charge in [0.25, 0.3) is 0 Å². The zero-order valence-corrected chi connectivity index (χ0v) is 16.5. The minimum Gasteiger partial charge on any atom is -0.493 e. The summed E-state index contributed by atoms with van der Waals surface area (Å²) < 4.78 is 11.0. The van der Waals surface area contributed by atoms with Crippen LogP contribution in [0.2, 0.25) is 0 Å². The van der Waals surface area contributed by atoms with E-state index in [1.165, 1.54) is 11.1 Å². The van der Waals surface area contributed by atoms with Crippen LogP contribution in [0.3, 0.4) is 0 Å². The molecular weight excluding hydrogens is 352 g/mol. The normalized spacial score (nSPS) is 11.8. The lowest BCUT2D eigenvalue weighted by atomic mass is 9.89. The third-order valence-corrected chi connectivity index (χ3v) is 4.90. The average Bonchev–Trinajstić information content (AvgIpc) is 2.71. The minimum absolute atomic E-state index is 0.173. The molecule has 0 aliphatic rings. The number of hydrogen-bond acceptors (Lipinski definition) is 6. The van der Waals surface area contributed by atoms with Gasteiger partial charge in [-0.15, -0.1) is 0 Å². The molecule has 4 N–H and O–H groups in total. The van der Waals surface area contributed by atoms with Crippen LogP contribution in [0.15, 0.2) is 48.7 Å². The highest BCUT2D eigenvalue weighted by Gasteiger charge is 2.16. The van der Waals surface area contributed by atoms with E-state index in [1.54, 1.807) is 20.4 Å². The molecule has 0 saturated carbocycles. The quantitative estimate of drug-likeness (QED) is 0.652. The molecule has 28 heavy (non-hydrogen) atoms. The number of nitrogens with two attached hydrogens (primary N) is 2. The van der Waals surface area contributed by atoms with Crippen molar-refractivity contribution in [3.8, 4) is 11.5 Å². The van der Waals surface area contributed by atoms with E-state index >= 15 is 0 Å². The van der Waals surface area contributed by atoms with E-state index < -0.39 is 0 Å². The molecule has 1 unspecified atom stereocenters. The Morgan fingerprint density at radius 3 is 2.18 bits per heavy atom. The lowest BCUT2D eigenvalue weighted by Gasteiger charge is -2.19. The number of aromatic nitrogens is 2. The van der Waals surface area contributed by atoms with Gasteiger partial charge in [-0.3, -0.25) is 0 Å². The van der Waals surface area contributed by atoms with Crippen molar-refractivity contribution in [2.24, 2.45) is 0 Å². The Morgan fingerprint density at radius 2 is 1.57 bits per heavy atom. The van der Waals surface area contributed by atoms with Crippen molar-refractivity contribution < 1.29 is 9.47 Å². The fraction of sp³-hybridized carbons (Fsp3) is 0.273. The van der Waals surface area contributed by atoms with E-state index in [9.17, 15) is 0 Å². The van der Waals surface area contributed by atoms with Crippen LogP contribution >= 0.6 is 0 Å². The summed E-state index contributed by atoms with van der Waals surface area (Å²) in [5, 5.41) is 0. The van der Waals surface area contributed by atoms with Gasteiger partial charge in [0.2, 0.25) is 5.95 Å². The summed E-state index contributed by atoms with van der Waals surface area (Å²) in [5.74, 6) is 2.31. The molecule has 0 aliphatic carbocycles. The van der Waals surface area contributed by atoms with Gasteiger partial charge in [-0.25, -0.2) is 4.98 Å². The second-order valence-corrected chi connectivity index (χ2v) is 6.81. The Bertz CT molecular complexity index is 945. The maximum atomic E-state index is 6.05. The molecule has 0 aliphatic heterocycles. The third kappa shape index (κ3) is 4.34. The van der Waals surface area contributed by atoms with Gasteiger partial charge in [-0.05, 0) is 41.2 Å². The Hall–Kier alpha value is -3.28. The predicted molar refractivity (Wildman–Crippen MR) is 112 cm³/mol. The zero-order valence-electron chi connectivity index (χ0n) is 16.5. The molecule has 3 aromatic rings. The summed E-state index contributed by atoms with van der Waals surface area (Å²) in [5.41, 5.74) is 16.1. The molecular formula is C22H26N4O2. The van der Waals surface area contributed by atoms with Crippen molar-refractivity contribution in [1.29, 1.82) is 0 Å². The highest BCUT2D eigenvalue weighted by molar-refractivity contribution is 5.51. The smallest absolute Gasteiger partial charge is 0.221 e. The molecule has 0 fully saturated rings. The van der Waals surface area contributed by atoms with Crippen LogP contribution < -0.4 is 20.9 Å². The van der Waals surface area contributed by atoms with Gasteiger partial charge < -0.3 is 20.9 Å². The predicted octanol–water partition coefficient (Wildman–Crippen LogP) is 3.60. The van der Waals surface area contributed by atoms with Gasteiger partial charge in [0.1, 0.15) is 5.82 Å². The first-order valence-corrected chi connectivity index (χ1v) is 9.17. The second kappa shape index (κ2) is 8.61. The Labute approximate surface area is 165 Å². The summed E-state index contributed by atoms with van der Waals surface area (Å²) in [7, 11) is 3.28. The Morgan fingerprint density at radius 1 is 0.929 bits per heavy atom. The molecule has 0 spiro atoms. The number of methoxy groups -OCH3 is 2. The Balaban J connectivity index is 1.99. The first-order valence-electron chi connectivity index (χ1n) is 9.17. The van der Waals surface area contributed by atoms with E-state index in [0.717, 1.165) is 17.5 Å². The van der Waals surface area contributed by atoms with Crippen molar-refractivity contribution in [2.75, 3.05) is 25.7 Å². The number of hydrogen-bond donors (Lipinski definition) is 2. The van der Waals surface area contributed by atoms with Gasteiger partial charge in [-0.2, -0.15) is 4.98 Å². The van der Waals surface area contributed by atoms with Crippen LogP contribution in [0.25, 0.3) is 0 Å². The summed E-state index contributed by atoms with van der Waals surface area (Å²) >= 11 is 0. The molecule has 0 amide bonds. The zero-order chi connectivity index (χ0) is 20.1. The average molecular weight is 378 g/mol. The number of rotatable bonds is 7. The minimum atomic E-state index is 0.173. The van der Waals surface area contributed by atoms with E-state index in [0.29, 0.717) is 29.7 Å². The molecule has 1 heterocycles. The first kappa shape index (κ1) is 19.5. The van der Waals surface area contributed by atoms with E-state index in [1.807, 2.05) is 18.2 Å². The van der Waals surface area contributed by atoms with Gasteiger partial charge in [0, 0.05) is 18.2 Å². The summed E-state index contributed by atoms with van der Waals surface area (Å²) in [4.78, 5) is 8.15. The molecule has 0 bridgehead atoms. The summed E-state index contributed by atoms with van der Waals surface area (Å²) in [6.07, 6.45) is 3.12. The highest BCUT2D eigenvalue weighted by atomic mass is 16.5. The standard InChI is InChI=1S/C22H26N4O2/c1-14(15-7-5-4-6-8-15)9-16-11-19(27-2)20(28-3)12-17(16)10-18-13-25-22(24)26-21(18)23/h4-8,11-14H,9-10H2,1-3H3,(H4,23,24,25,26). The van der Waals surface area contributed by atoms with Gasteiger partial charge in [0.15, 0.2) is 11.5 Å². The fourth-order valence-electron chi connectivity index (χ4n) is 3.32.